The number of fused-ring (bicyclic) bond motifs is 1. The molecule has 1 aliphatic rings. The van der Waals surface area contributed by atoms with Crippen LogP contribution in [0.15, 0.2) is 36.7 Å². The number of amides is 1. The van der Waals surface area contributed by atoms with E-state index in [0.29, 0.717) is 24.4 Å². The van der Waals surface area contributed by atoms with E-state index in [2.05, 4.69) is 15.4 Å². The fourth-order valence-electron chi connectivity index (χ4n) is 3.69. The van der Waals surface area contributed by atoms with Crippen molar-refractivity contribution in [1.29, 1.82) is 5.26 Å². The van der Waals surface area contributed by atoms with Gasteiger partial charge < -0.3 is 10.2 Å². The lowest BCUT2D eigenvalue weighted by Crippen LogP contribution is -2.42. The van der Waals surface area contributed by atoms with Crippen LogP contribution in [0.1, 0.15) is 48.7 Å². The van der Waals surface area contributed by atoms with Crippen molar-refractivity contribution < 1.29 is 13.6 Å². The predicted octanol–water partition coefficient (Wildman–Crippen LogP) is 3.38. The van der Waals surface area contributed by atoms with Gasteiger partial charge in [0, 0.05) is 18.3 Å². The Balaban J connectivity index is 1.70. The molecule has 1 aliphatic heterocycles. The van der Waals surface area contributed by atoms with Crippen LogP contribution in [0.2, 0.25) is 0 Å². The van der Waals surface area contributed by atoms with E-state index < -0.39 is 23.1 Å². The fraction of sp³-hybridized carbons (Fsp3) is 0.333. The Bertz CT molecular complexity index is 1170. The Morgan fingerprint density at radius 2 is 2.13 bits per heavy atom. The van der Waals surface area contributed by atoms with E-state index in [4.69, 9.17) is 5.26 Å². The second-order valence-electron chi connectivity index (χ2n) is 7.82. The zero-order chi connectivity index (χ0) is 21.5. The van der Waals surface area contributed by atoms with Crippen molar-refractivity contribution in [2.45, 2.75) is 38.3 Å². The Labute approximate surface area is 171 Å². The largest absolute Gasteiger partial charge is 0.349 e. The number of nitrogens with zero attached hydrogens (tertiary/aromatic N) is 5. The first-order valence-electron chi connectivity index (χ1n) is 9.59. The molecule has 1 amide bonds. The monoisotopic (exact) mass is 410 g/mol. The normalized spacial score (nSPS) is 16.6. The third-order valence-corrected chi connectivity index (χ3v) is 5.17. The van der Waals surface area contributed by atoms with Crippen LogP contribution in [0.25, 0.3) is 5.65 Å². The highest BCUT2D eigenvalue weighted by molar-refractivity contribution is 6.00. The van der Waals surface area contributed by atoms with Crippen LogP contribution in [0.4, 0.5) is 14.6 Å². The second-order valence-corrected chi connectivity index (χ2v) is 7.82. The molecule has 0 bridgehead atoms. The van der Waals surface area contributed by atoms with Crippen molar-refractivity contribution in [3.8, 4) is 6.07 Å². The predicted molar refractivity (Wildman–Crippen MR) is 106 cm³/mol. The Morgan fingerprint density at radius 3 is 2.90 bits per heavy atom. The molecule has 2 aromatic heterocycles. The van der Waals surface area contributed by atoms with Gasteiger partial charge in [-0.2, -0.15) is 10.4 Å². The summed E-state index contributed by atoms with van der Waals surface area (Å²) in [4.78, 5) is 19.1. The lowest BCUT2D eigenvalue weighted by atomic mass is 10.0. The molecule has 9 heteroatoms. The highest BCUT2D eigenvalue weighted by Gasteiger charge is 2.30. The zero-order valence-electron chi connectivity index (χ0n) is 16.6. The minimum Gasteiger partial charge on any atom is -0.349 e. The number of hydrogen-bond donors (Lipinski definition) is 1. The summed E-state index contributed by atoms with van der Waals surface area (Å²) in [7, 11) is 0. The van der Waals surface area contributed by atoms with Crippen molar-refractivity contribution in [1.82, 2.24) is 19.9 Å². The van der Waals surface area contributed by atoms with Crippen LogP contribution in [0, 0.1) is 23.0 Å². The molecule has 1 saturated heterocycles. The number of benzene rings is 1. The molecule has 0 unspecified atom stereocenters. The number of nitriles is 1. The standard InChI is InChI=1S/C21H20F2N6O/c1-21(2,12-24)27-20(30)15-11-25-29-9-7-18(26-19(15)29)28-8-3-4-17(28)14-10-13(22)5-6-16(14)23/h5-7,9-11,17H,3-4,8H2,1-2H3,(H,27,30)/t17-/m1/s1. The summed E-state index contributed by atoms with van der Waals surface area (Å²) in [6.45, 7) is 3.82. The summed E-state index contributed by atoms with van der Waals surface area (Å²) in [5.41, 5.74) is -0.203. The number of carbonyl (C=O) groups excluding carboxylic acids is 1. The van der Waals surface area contributed by atoms with Crippen LogP contribution in [-0.2, 0) is 0 Å². The van der Waals surface area contributed by atoms with Crippen molar-refractivity contribution >= 4 is 17.4 Å². The highest BCUT2D eigenvalue weighted by atomic mass is 19.1. The van der Waals surface area contributed by atoms with E-state index in [-0.39, 0.29) is 17.2 Å². The Morgan fingerprint density at radius 1 is 1.33 bits per heavy atom. The molecule has 4 rings (SSSR count). The highest BCUT2D eigenvalue weighted by Crippen LogP contribution is 2.36. The van der Waals surface area contributed by atoms with Crippen LogP contribution < -0.4 is 10.2 Å². The molecule has 0 aliphatic carbocycles. The van der Waals surface area contributed by atoms with Gasteiger partial charge in [-0.1, -0.05) is 0 Å². The molecule has 0 radical (unpaired) electrons. The molecule has 3 heterocycles. The van der Waals surface area contributed by atoms with Gasteiger partial charge in [-0.3, -0.25) is 4.79 Å². The zero-order valence-corrected chi connectivity index (χ0v) is 16.6. The first-order chi connectivity index (χ1) is 14.3. The van der Waals surface area contributed by atoms with Gasteiger partial charge in [0.1, 0.15) is 28.6 Å². The van der Waals surface area contributed by atoms with E-state index in [0.717, 1.165) is 18.6 Å². The van der Waals surface area contributed by atoms with E-state index in [1.54, 1.807) is 26.1 Å². The summed E-state index contributed by atoms with van der Waals surface area (Å²) >= 11 is 0. The topological polar surface area (TPSA) is 86.3 Å². The minimum atomic E-state index is -1.04. The van der Waals surface area contributed by atoms with Crippen LogP contribution in [-0.4, -0.2) is 32.6 Å². The van der Waals surface area contributed by atoms with Gasteiger partial charge in [-0.15, -0.1) is 0 Å². The van der Waals surface area contributed by atoms with Gasteiger partial charge in [0.15, 0.2) is 5.65 Å². The number of carbonyl (C=O) groups is 1. The van der Waals surface area contributed by atoms with Crippen LogP contribution >= 0.6 is 0 Å². The van der Waals surface area contributed by atoms with E-state index in [1.165, 1.54) is 16.8 Å². The number of hydrogen-bond acceptors (Lipinski definition) is 5. The maximum Gasteiger partial charge on any atom is 0.257 e. The van der Waals surface area contributed by atoms with Crippen LogP contribution in [0.5, 0.6) is 0 Å². The van der Waals surface area contributed by atoms with Gasteiger partial charge in [0.25, 0.3) is 5.91 Å². The quantitative estimate of drug-likeness (QED) is 0.713. The summed E-state index contributed by atoms with van der Waals surface area (Å²) in [5, 5.41) is 15.9. The number of anilines is 1. The lowest BCUT2D eigenvalue weighted by Gasteiger charge is -2.26. The van der Waals surface area contributed by atoms with Crippen LogP contribution in [0.3, 0.4) is 0 Å². The van der Waals surface area contributed by atoms with E-state index in [9.17, 15) is 13.6 Å². The minimum absolute atomic E-state index is 0.229. The van der Waals surface area contributed by atoms with Crippen molar-refractivity contribution in [2.24, 2.45) is 0 Å². The molecule has 7 nitrogen and oxygen atoms in total. The van der Waals surface area contributed by atoms with Gasteiger partial charge in [-0.05, 0) is 51.0 Å². The molecular weight excluding hydrogens is 390 g/mol. The average Bonchev–Trinajstić information content (AvgIpc) is 3.36. The molecule has 1 N–H and O–H groups in total. The molecule has 1 aromatic carbocycles. The number of aromatic nitrogens is 3. The summed E-state index contributed by atoms with van der Waals surface area (Å²) < 4.78 is 29.6. The van der Waals surface area contributed by atoms with Gasteiger partial charge in [0.2, 0.25) is 0 Å². The van der Waals surface area contributed by atoms with E-state index >= 15 is 0 Å². The number of rotatable bonds is 4. The molecular formula is C21H20F2N6O. The molecule has 3 aromatic rings. The van der Waals surface area contributed by atoms with Crippen molar-refractivity contribution in [3.63, 3.8) is 0 Å². The maximum atomic E-state index is 14.4. The smallest absolute Gasteiger partial charge is 0.257 e. The Kier molecular flexibility index (Phi) is 4.86. The molecule has 1 fully saturated rings. The van der Waals surface area contributed by atoms with Gasteiger partial charge in [0.05, 0.1) is 18.3 Å². The molecule has 0 saturated carbocycles. The SMILES string of the molecule is CC(C)(C#N)NC(=O)c1cnn2ccc(N3CCC[C@@H]3c3cc(F)ccc3F)nc12. The third-order valence-electron chi connectivity index (χ3n) is 5.17. The summed E-state index contributed by atoms with van der Waals surface area (Å²) in [5.74, 6) is -0.868. The molecule has 30 heavy (non-hydrogen) atoms. The van der Waals surface area contributed by atoms with E-state index in [1.807, 2.05) is 11.0 Å². The lowest BCUT2D eigenvalue weighted by molar-refractivity contribution is 0.0930. The van der Waals surface area contributed by atoms with Crippen molar-refractivity contribution in [3.05, 3.63) is 59.4 Å². The molecule has 0 spiro atoms. The van der Waals surface area contributed by atoms with Gasteiger partial charge in [-0.25, -0.2) is 18.3 Å². The van der Waals surface area contributed by atoms with Crippen molar-refractivity contribution in [2.75, 3.05) is 11.4 Å². The average molecular weight is 410 g/mol. The summed E-state index contributed by atoms with van der Waals surface area (Å²) in [6.07, 6.45) is 4.52. The fourth-order valence-corrected chi connectivity index (χ4v) is 3.69. The molecule has 1 atom stereocenters. The second kappa shape index (κ2) is 7.37. The first kappa shape index (κ1) is 19.8. The number of halogens is 2. The number of nitrogens with one attached hydrogen (secondary N) is 1. The summed E-state index contributed by atoms with van der Waals surface area (Å²) in [6, 6.07) is 6.85. The third kappa shape index (κ3) is 3.56. The Hall–Kier alpha value is -3.54. The maximum absolute atomic E-state index is 14.4. The molecule has 154 valence electrons. The van der Waals surface area contributed by atoms with Gasteiger partial charge >= 0.3 is 0 Å². The first-order valence-corrected chi connectivity index (χ1v) is 9.59.